The van der Waals surface area contributed by atoms with E-state index in [1.807, 2.05) is 35.7 Å². The Labute approximate surface area is 148 Å². The van der Waals surface area contributed by atoms with Crippen molar-refractivity contribution in [1.82, 2.24) is 15.0 Å². The second kappa shape index (κ2) is 8.20. The molecule has 0 amide bonds. The Bertz CT molecular complexity index is 735. The Morgan fingerprint density at radius 3 is 2.46 bits per heavy atom. The lowest BCUT2D eigenvalue weighted by Gasteiger charge is -2.13. The molecule has 0 aliphatic carbocycles. The topological polar surface area (TPSA) is 71.1 Å². The van der Waals surface area contributed by atoms with Crippen LogP contribution in [0.2, 0.25) is 0 Å². The predicted molar refractivity (Wildman–Crippen MR) is 99.6 cm³/mol. The Morgan fingerprint density at radius 1 is 1.12 bits per heavy atom. The second-order valence-electron chi connectivity index (χ2n) is 6.70. The summed E-state index contributed by atoms with van der Waals surface area (Å²) in [7, 11) is -3.28. The van der Waals surface area contributed by atoms with E-state index < -0.39 is 10.0 Å². The summed E-state index contributed by atoms with van der Waals surface area (Å²) in [4.78, 5) is 4.58. The fourth-order valence-corrected chi connectivity index (χ4v) is 3.87. The highest BCUT2D eigenvalue weighted by molar-refractivity contribution is 7.89. The summed E-state index contributed by atoms with van der Waals surface area (Å²) in [5.41, 5.74) is 1.96. The number of hydrogen-bond donors (Lipinski definition) is 2. The normalized spacial score (nSPS) is 12.5. The molecule has 1 heterocycles. The molecule has 0 aliphatic rings. The third kappa shape index (κ3) is 6.32. The van der Waals surface area contributed by atoms with E-state index in [4.69, 9.17) is 0 Å². The smallest absolute Gasteiger partial charge is 0.213 e. The molecule has 0 unspecified atom stereocenters. The Kier molecular flexibility index (Phi) is 6.51. The molecule has 0 spiro atoms. The van der Waals surface area contributed by atoms with E-state index in [2.05, 4.69) is 35.8 Å². The predicted octanol–water partition coefficient (Wildman–Crippen LogP) is 2.65. The molecule has 0 radical (unpaired) electrons. The van der Waals surface area contributed by atoms with Crippen LogP contribution in [0.5, 0.6) is 0 Å². The summed E-state index contributed by atoms with van der Waals surface area (Å²) in [5.74, 6) is 0.0517. The summed E-state index contributed by atoms with van der Waals surface area (Å²) >= 11 is 1.64. The Morgan fingerprint density at radius 2 is 1.83 bits per heavy atom. The number of benzene rings is 1. The molecular weight excluding hydrogens is 342 g/mol. The highest BCUT2D eigenvalue weighted by atomic mass is 32.2. The zero-order chi connectivity index (χ0) is 17.6. The summed E-state index contributed by atoms with van der Waals surface area (Å²) in [6.07, 6.45) is 0. The first kappa shape index (κ1) is 19.1. The van der Waals surface area contributed by atoms with Crippen molar-refractivity contribution in [3.05, 3.63) is 52.0 Å². The van der Waals surface area contributed by atoms with Crippen LogP contribution in [0.1, 0.15) is 37.0 Å². The first-order chi connectivity index (χ1) is 11.3. The molecule has 1 aromatic heterocycles. The molecule has 0 fully saturated rings. The van der Waals surface area contributed by atoms with Gasteiger partial charge in [0.1, 0.15) is 0 Å². The Hall–Kier alpha value is -1.28. The van der Waals surface area contributed by atoms with Crippen molar-refractivity contribution in [2.75, 3.05) is 12.3 Å². The SMILES string of the molecule is CC(C)(C)c1nc(CNCCS(=O)(=O)NCc2ccccc2)cs1. The van der Waals surface area contributed by atoms with Crippen molar-refractivity contribution >= 4 is 21.4 Å². The number of aromatic nitrogens is 1. The van der Waals surface area contributed by atoms with Crippen LogP contribution in [0.3, 0.4) is 0 Å². The van der Waals surface area contributed by atoms with Crippen LogP contribution in [-0.2, 0) is 28.5 Å². The number of rotatable bonds is 8. The molecule has 0 saturated heterocycles. The number of thiazole rings is 1. The van der Waals surface area contributed by atoms with Crippen LogP contribution in [0.4, 0.5) is 0 Å². The van der Waals surface area contributed by atoms with Crippen molar-refractivity contribution < 1.29 is 8.42 Å². The van der Waals surface area contributed by atoms with Crippen LogP contribution < -0.4 is 10.0 Å². The van der Waals surface area contributed by atoms with Crippen LogP contribution in [-0.4, -0.2) is 25.7 Å². The first-order valence-electron chi connectivity index (χ1n) is 7.93. The van der Waals surface area contributed by atoms with E-state index in [0.29, 0.717) is 19.6 Å². The number of sulfonamides is 1. The summed E-state index contributed by atoms with van der Waals surface area (Å²) in [6, 6.07) is 9.49. The lowest BCUT2D eigenvalue weighted by Crippen LogP contribution is -2.31. The van der Waals surface area contributed by atoms with Gasteiger partial charge in [-0.2, -0.15) is 0 Å². The monoisotopic (exact) mass is 367 g/mol. The molecule has 2 N–H and O–H groups in total. The van der Waals surface area contributed by atoms with Gasteiger partial charge in [0.2, 0.25) is 10.0 Å². The number of hydrogen-bond acceptors (Lipinski definition) is 5. The van der Waals surface area contributed by atoms with E-state index in [9.17, 15) is 8.42 Å². The van der Waals surface area contributed by atoms with Gasteiger partial charge < -0.3 is 5.32 Å². The van der Waals surface area contributed by atoms with Crippen molar-refractivity contribution in [2.45, 2.75) is 39.3 Å². The van der Waals surface area contributed by atoms with Gasteiger partial charge in [0, 0.05) is 30.4 Å². The Balaban J connectivity index is 1.72. The van der Waals surface area contributed by atoms with Gasteiger partial charge in [0.25, 0.3) is 0 Å². The van der Waals surface area contributed by atoms with Gasteiger partial charge >= 0.3 is 0 Å². The highest BCUT2D eigenvalue weighted by Crippen LogP contribution is 2.25. The van der Waals surface area contributed by atoms with Gasteiger partial charge in [-0.1, -0.05) is 51.1 Å². The average Bonchev–Trinajstić information content (AvgIpc) is 3.00. The molecule has 24 heavy (non-hydrogen) atoms. The number of nitrogens with one attached hydrogen (secondary N) is 2. The standard InChI is InChI=1S/C17H25N3O2S2/c1-17(2,3)16-20-15(13-23-16)12-18-9-10-24(21,22)19-11-14-7-5-4-6-8-14/h4-8,13,18-19H,9-12H2,1-3H3. The third-order valence-electron chi connectivity index (χ3n) is 3.39. The fraction of sp³-hybridized carbons (Fsp3) is 0.471. The van der Waals surface area contributed by atoms with Crippen molar-refractivity contribution in [1.29, 1.82) is 0 Å². The second-order valence-corrected chi connectivity index (χ2v) is 9.48. The van der Waals surface area contributed by atoms with Gasteiger partial charge in [0.05, 0.1) is 16.5 Å². The van der Waals surface area contributed by atoms with Crippen molar-refractivity contribution in [2.24, 2.45) is 0 Å². The molecule has 2 rings (SSSR count). The highest BCUT2D eigenvalue weighted by Gasteiger charge is 2.17. The zero-order valence-electron chi connectivity index (χ0n) is 14.4. The minimum Gasteiger partial charge on any atom is -0.310 e. The third-order valence-corrected chi connectivity index (χ3v) is 6.03. The van der Waals surface area contributed by atoms with Gasteiger partial charge in [-0.15, -0.1) is 11.3 Å². The molecule has 0 aliphatic heterocycles. The van der Waals surface area contributed by atoms with E-state index in [-0.39, 0.29) is 11.2 Å². The zero-order valence-corrected chi connectivity index (χ0v) is 16.0. The van der Waals surface area contributed by atoms with Crippen LogP contribution in [0.25, 0.3) is 0 Å². The van der Waals surface area contributed by atoms with E-state index in [1.165, 1.54) is 0 Å². The molecule has 1 aromatic carbocycles. The van der Waals surface area contributed by atoms with Crippen LogP contribution >= 0.6 is 11.3 Å². The fourth-order valence-electron chi connectivity index (χ4n) is 2.02. The van der Waals surface area contributed by atoms with Crippen LogP contribution in [0, 0.1) is 0 Å². The summed E-state index contributed by atoms with van der Waals surface area (Å²) < 4.78 is 26.6. The average molecular weight is 368 g/mol. The van der Waals surface area contributed by atoms with E-state index in [0.717, 1.165) is 16.3 Å². The maximum Gasteiger partial charge on any atom is 0.213 e. The molecule has 0 saturated carbocycles. The van der Waals surface area contributed by atoms with Crippen molar-refractivity contribution in [3.8, 4) is 0 Å². The van der Waals surface area contributed by atoms with Crippen molar-refractivity contribution in [3.63, 3.8) is 0 Å². The minimum absolute atomic E-state index is 0.0492. The lowest BCUT2D eigenvalue weighted by molar-refractivity contribution is 0.573. The molecule has 7 heteroatoms. The van der Waals surface area contributed by atoms with Gasteiger partial charge in [0.15, 0.2) is 0 Å². The molecule has 5 nitrogen and oxygen atoms in total. The minimum atomic E-state index is -3.28. The summed E-state index contributed by atoms with van der Waals surface area (Å²) in [6.45, 7) is 7.70. The largest absolute Gasteiger partial charge is 0.310 e. The molecule has 2 aromatic rings. The molecular formula is C17H25N3O2S2. The van der Waals surface area contributed by atoms with Gasteiger partial charge in [-0.25, -0.2) is 18.1 Å². The van der Waals surface area contributed by atoms with E-state index in [1.54, 1.807) is 11.3 Å². The number of nitrogens with zero attached hydrogens (tertiary/aromatic N) is 1. The molecule has 0 bridgehead atoms. The van der Waals surface area contributed by atoms with Crippen LogP contribution in [0.15, 0.2) is 35.7 Å². The molecule has 132 valence electrons. The van der Waals surface area contributed by atoms with E-state index >= 15 is 0 Å². The molecule has 0 atom stereocenters. The maximum atomic E-state index is 12.0. The van der Waals surface area contributed by atoms with Gasteiger partial charge in [-0.3, -0.25) is 0 Å². The first-order valence-corrected chi connectivity index (χ1v) is 10.5. The summed E-state index contributed by atoms with van der Waals surface area (Å²) in [5, 5.41) is 6.26. The maximum absolute atomic E-state index is 12.0. The van der Waals surface area contributed by atoms with Gasteiger partial charge in [-0.05, 0) is 5.56 Å². The lowest BCUT2D eigenvalue weighted by atomic mass is 9.98. The quantitative estimate of drug-likeness (QED) is 0.704.